The van der Waals surface area contributed by atoms with Crippen molar-refractivity contribution in [3.05, 3.63) is 102 Å². The maximum Gasteiger partial charge on any atom is 0.471 e. The lowest BCUT2D eigenvalue weighted by atomic mass is 10.0. The van der Waals surface area contributed by atoms with Gasteiger partial charge in [0.05, 0.1) is 0 Å². The number of halogens is 3. The van der Waals surface area contributed by atoms with E-state index in [0.29, 0.717) is 17.9 Å². The molecule has 0 fully saturated rings. The van der Waals surface area contributed by atoms with Gasteiger partial charge < -0.3 is 25.4 Å². The van der Waals surface area contributed by atoms with Crippen molar-refractivity contribution in [3.8, 4) is 5.75 Å². The maximum absolute atomic E-state index is 12.9. The Morgan fingerprint density at radius 1 is 0.718 bits per heavy atom. The average molecular weight is 544 g/mol. The molecule has 3 rings (SSSR count). The lowest BCUT2D eigenvalue weighted by molar-refractivity contribution is -0.174. The standard InChI is InChI=1S/C28H28F3N3O5/c29-28(30,31)26(36)34-24(17-20-11-13-23(14-12-20)38-18-21-7-3-1-4-8-21)25(35)32-15-16-33-27(37)39-19-22-9-5-2-6-10-22/h1-14,24H,15-19H2,(H,32,35)(H,33,37)(H,34,36). The van der Waals surface area contributed by atoms with Crippen LogP contribution in [-0.4, -0.2) is 43.2 Å². The van der Waals surface area contributed by atoms with Gasteiger partial charge in [-0.3, -0.25) is 9.59 Å². The fourth-order valence-corrected chi connectivity index (χ4v) is 3.40. The molecule has 0 spiro atoms. The second-order valence-electron chi connectivity index (χ2n) is 8.43. The summed E-state index contributed by atoms with van der Waals surface area (Å²) in [5, 5.41) is 6.59. The van der Waals surface area contributed by atoms with Gasteiger partial charge in [-0.25, -0.2) is 4.79 Å². The Balaban J connectivity index is 1.50. The van der Waals surface area contributed by atoms with E-state index in [-0.39, 0.29) is 26.1 Å². The van der Waals surface area contributed by atoms with Gasteiger partial charge in [-0.2, -0.15) is 13.2 Å². The van der Waals surface area contributed by atoms with Crippen LogP contribution in [0.3, 0.4) is 0 Å². The average Bonchev–Trinajstić information content (AvgIpc) is 2.94. The van der Waals surface area contributed by atoms with Crippen molar-refractivity contribution in [2.75, 3.05) is 13.1 Å². The van der Waals surface area contributed by atoms with E-state index in [9.17, 15) is 27.6 Å². The number of hydrogen-bond acceptors (Lipinski definition) is 5. The van der Waals surface area contributed by atoms with Crippen molar-refractivity contribution in [1.82, 2.24) is 16.0 Å². The van der Waals surface area contributed by atoms with Crippen molar-refractivity contribution in [2.45, 2.75) is 31.9 Å². The summed E-state index contributed by atoms with van der Waals surface area (Å²) < 4.78 is 49.3. The van der Waals surface area contributed by atoms with Crippen LogP contribution < -0.4 is 20.7 Å². The molecule has 11 heteroatoms. The highest BCUT2D eigenvalue weighted by molar-refractivity contribution is 5.90. The molecule has 0 aromatic heterocycles. The zero-order chi connectivity index (χ0) is 28.1. The van der Waals surface area contributed by atoms with Crippen molar-refractivity contribution >= 4 is 17.9 Å². The minimum absolute atomic E-state index is 0.0350. The zero-order valence-electron chi connectivity index (χ0n) is 20.9. The molecule has 1 unspecified atom stereocenters. The molecule has 0 heterocycles. The predicted molar refractivity (Wildman–Crippen MR) is 137 cm³/mol. The largest absolute Gasteiger partial charge is 0.489 e. The fraction of sp³-hybridized carbons (Fsp3) is 0.250. The van der Waals surface area contributed by atoms with E-state index < -0.39 is 30.1 Å². The number of carbonyl (C=O) groups excluding carboxylic acids is 3. The summed E-state index contributed by atoms with van der Waals surface area (Å²) in [6.07, 6.45) is -6.07. The summed E-state index contributed by atoms with van der Waals surface area (Å²) in [7, 11) is 0. The van der Waals surface area contributed by atoms with Crippen molar-refractivity contribution in [1.29, 1.82) is 0 Å². The minimum Gasteiger partial charge on any atom is -0.489 e. The third-order valence-corrected chi connectivity index (χ3v) is 5.40. The van der Waals surface area contributed by atoms with Gasteiger partial charge in [0.2, 0.25) is 5.91 Å². The monoisotopic (exact) mass is 543 g/mol. The van der Waals surface area contributed by atoms with Crippen LogP contribution in [-0.2, 0) is 34.0 Å². The van der Waals surface area contributed by atoms with Crippen LogP contribution in [0.1, 0.15) is 16.7 Å². The van der Waals surface area contributed by atoms with Crippen LogP contribution in [0.25, 0.3) is 0 Å². The van der Waals surface area contributed by atoms with Crippen LogP contribution >= 0.6 is 0 Å². The molecule has 0 aliphatic rings. The molecule has 0 saturated heterocycles. The molecule has 1 atom stereocenters. The quantitative estimate of drug-likeness (QED) is 0.301. The van der Waals surface area contributed by atoms with Gasteiger partial charge in [-0.1, -0.05) is 72.8 Å². The number of nitrogens with one attached hydrogen (secondary N) is 3. The van der Waals surface area contributed by atoms with Crippen molar-refractivity contribution in [3.63, 3.8) is 0 Å². The van der Waals surface area contributed by atoms with E-state index in [4.69, 9.17) is 9.47 Å². The van der Waals surface area contributed by atoms with Gasteiger partial charge >= 0.3 is 18.2 Å². The third kappa shape index (κ3) is 10.4. The summed E-state index contributed by atoms with van der Waals surface area (Å²) in [4.78, 5) is 36.0. The first-order valence-electron chi connectivity index (χ1n) is 12.1. The van der Waals surface area contributed by atoms with Gasteiger partial charge in [-0.05, 0) is 28.8 Å². The molecule has 206 valence electrons. The first-order chi connectivity index (χ1) is 18.7. The Kier molecular flexibility index (Phi) is 10.7. The van der Waals surface area contributed by atoms with E-state index in [1.807, 2.05) is 36.4 Å². The number of alkyl carbamates (subject to hydrolysis) is 1. The topological polar surface area (TPSA) is 106 Å². The van der Waals surface area contributed by atoms with Gasteiger partial charge in [-0.15, -0.1) is 0 Å². The van der Waals surface area contributed by atoms with Crippen LogP contribution in [0.5, 0.6) is 5.75 Å². The molecular formula is C28H28F3N3O5. The molecule has 0 bridgehead atoms. The smallest absolute Gasteiger partial charge is 0.471 e. The van der Waals surface area contributed by atoms with Crippen LogP contribution in [0.4, 0.5) is 18.0 Å². The first kappa shape index (κ1) is 29.0. The molecule has 3 N–H and O–H groups in total. The number of hydrogen-bond donors (Lipinski definition) is 3. The second kappa shape index (κ2) is 14.4. The highest BCUT2D eigenvalue weighted by Crippen LogP contribution is 2.17. The van der Waals surface area contributed by atoms with Gasteiger partial charge in [0, 0.05) is 19.5 Å². The van der Waals surface area contributed by atoms with Gasteiger partial charge in [0.15, 0.2) is 0 Å². The number of ether oxygens (including phenoxy) is 2. The Hall–Kier alpha value is -4.54. The molecule has 0 aliphatic heterocycles. The summed E-state index contributed by atoms with van der Waals surface area (Å²) in [6.45, 7) is 0.262. The maximum atomic E-state index is 12.9. The number of amides is 3. The first-order valence-corrected chi connectivity index (χ1v) is 12.1. The summed E-state index contributed by atoms with van der Waals surface area (Å²) in [5.74, 6) is -2.53. The molecule has 3 aromatic rings. The van der Waals surface area contributed by atoms with Gasteiger partial charge in [0.1, 0.15) is 25.0 Å². The molecule has 3 amide bonds. The molecule has 0 saturated carbocycles. The molecule has 3 aromatic carbocycles. The van der Waals surface area contributed by atoms with E-state index in [1.54, 1.807) is 53.8 Å². The third-order valence-electron chi connectivity index (χ3n) is 5.40. The highest BCUT2D eigenvalue weighted by Gasteiger charge is 2.40. The summed E-state index contributed by atoms with van der Waals surface area (Å²) in [6, 6.07) is 23.4. The minimum atomic E-state index is -5.16. The summed E-state index contributed by atoms with van der Waals surface area (Å²) in [5.41, 5.74) is 2.26. The number of carbonyl (C=O) groups is 3. The van der Waals surface area contributed by atoms with E-state index >= 15 is 0 Å². The van der Waals surface area contributed by atoms with Gasteiger partial charge in [0.25, 0.3) is 0 Å². The molecule has 8 nitrogen and oxygen atoms in total. The van der Waals surface area contributed by atoms with E-state index in [1.165, 1.54) is 0 Å². The Bertz CT molecular complexity index is 1210. The SMILES string of the molecule is O=C(NCCNC(=O)C(Cc1ccc(OCc2ccccc2)cc1)NC(=O)C(F)(F)F)OCc1ccccc1. The van der Waals surface area contributed by atoms with E-state index in [0.717, 1.165) is 11.1 Å². The van der Waals surface area contributed by atoms with Crippen LogP contribution in [0.15, 0.2) is 84.9 Å². The molecule has 0 radical (unpaired) electrons. The number of alkyl halides is 3. The highest BCUT2D eigenvalue weighted by atomic mass is 19.4. The van der Waals surface area contributed by atoms with Crippen LogP contribution in [0.2, 0.25) is 0 Å². The lowest BCUT2D eigenvalue weighted by Gasteiger charge is -2.20. The second-order valence-corrected chi connectivity index (χ2v) is 8.43. The van der Waals surface area contributed by atoms with Crippen LogP contribution in [0, 0.1) is 0 Å². The normalized spacial score (nSPS) is 11.7. The zero-order valence-corrected chi connectivity index (χ0v) is 20.9. The number of rotatable bonds is 12. The fourth-order valence-electron chi connectivity index (χ4n) is 3.40. The van der Waals surface area contributed by atoms with Crippen molar-refractivity contribution in [2.24, 2.45) is 0 Å². The Morgan fingerprint density at radius 3 is 1.87 bits per heavy atom. The van der Waals surface area contributed by atoms with Crippen molar-refractivity contribution < 1.29 is 37.0 Å². The number of benzene rings is 3. The Morgan fingerprint density at radius 2 is 1.28 bits per heavy atom. The molecular weight excluding hydrogens is 515 g/mol. The lowest BCUT2D eigenvalue weighted by Crippen LogP contribution is -2.52. The summed E-state index contributed by atoms with van der Waals surface area (Å²) >= 11 is 0. The van der Waals surface area contributed by atoms with E-state index in [2.05, 4.69) is 10.6 Å². The Labute approximate surface area is 223 Å². The molecule has 0 aliphatic carbocycles. The predicted octanol–water partition coefficient (Wildman–Crippen LogP) is 3.90. The molecule has 39 heavy (non-hydrogen) atoms.